The molecule has 0 aromatic heterocycles. The van der Waals surface area contributed by atoms with E-state index in [0.717, 1.165) is 22.4 Å². The maximum absolute atomic E-state index is 14.9. The van der Waals surface area contributed by atoms with E-state index < -0.39 is 47.7 Å². The summed E-state index contributed by atoms with van der Waals surface area (Å²) < 4.78 is 13.0. The molecule has 268 valence electrons. The summed E-state index contributed by atoms with van der Waals surface area (Å²) in [5.74, 6) is -3.13. The van der Waals surface area contributed by atoms with Crippen LogP contribution in [0.15, 0.2) is 73.8 Å². The number of para-hydroxylation sites is 1. The van der Waals surface area contributed by atoms with Crippen LogP contribution in [0.2, 0.25) is 0 Å². The third kappa shape index (κ3) is 6.75. The number of likely N-dealkylation sites (N-methyl/N-ethyl adjacent to an activating group) is 1. The lowest BCUT2D eigenvalue weighted by Gasteiger charge is -2.37. The van der Waals surface area contributed by atoms with Crippen LogP contribution in [0.25, 0.3) is 0 Å². The molecule has 0 saturated carbocycles. The van der Waals surface area contributed by atoms with Crippen LogP contribution in [0.5, 0.6) is 0 Å². The minimum Gasteiger partial charge on any atom is -0.455 e. The highest BCUT2D eigenvalue weighted by Gasteiger charge is 2.75. The van der Waals surface area contributed by atoms with Gasteiger partial charge in [0.1, 0.15) is 17.7 Å². The zero-order valence-corrected chi connectivity index (χ0v) is 29.8. The highest BCUT2D eigenvalue weighted by molar-refractivity contribution is 6.05. The molecule has 3 aliphatic rings. The van der Waals surface area contributed by atoms with E-state index in [-0.39, 0.29) is 43.8 Å². The fourth-order valence-electron chi connectivity index (χ4n) is 8.26. The SMILES string of the molecule is C=CCCC(=O)N(C)[C@H](C)[C@H](OC(=O)[C@@H]1[C@H]2C(=O)N(CCCCO)[C@H](C(=O)N(CC=C)c3c(C)cccc3C)[C@]23CC[C@H]1O3)c1ccccc1. The van der Waals surface area contributed by atoms with Crippen molar-refractivity contribution in [2.75, 3.05) is 31.6 Å². The van der Waals surface area contributed by atoms with Crippen molar-refractivity contribution in [3.05, 3.63) is 90.5 Å². The third-order valence-corrected chi connectivity index (χ3v) is 10.8. The molecule has 50 heavy (non-hydrogen) atoms. The van der Waals surface area contributed by atoms with E-state index in [1.807, 2.05) is 69.3 Å². The molecule has 0 unspecified atom stereocenters. The predicted octanol–water partition coefficient (Wildman–Crippen LogP) is 5.07. The third-order valence-electron chi connectivity index (χ3n) is 10.8. The number of carbonyl (C=O) groups excluding carboxylic acids is 4. The Hall–Kier alpha value is -4.28. The van der Waals surface area contributed by atoms with Gasteiger partial charge in [-0.2, -0.15) is 0 Å². The van der Waals surface area contributed by atoms with Gasteiger partial charge in [0.2, 0.25) is 11.8 Å². The number of amides is 3. The molecule has 3 saturated heterocycles. The van der Waals surface area contributed by atoms with Crippen LogP contribution < -0.4 is 4.90 Å². The summed E-state index contributed by atoms with van der Waals surface area (Å²) in [5.41, 5.74) is 2.09. The molecule has 0 aliphatic carbocycles. The molecule has 5 rings (SSSR count). The van der Waals surface area contributed by atoms with Gasteiger partial charge < -0.3 is 29.3 Å². The van der Waals surface area contributed by atoms with Crippen molar-refractivity contribution in [1.29, 1.82) is 0 Å². The number of allylic oxidation sites excluding steroid dienone is 1. The van der Waals surface area contributed by atoms with E-state index in [2.05, 4.69) is 13.2 Å². The molecule has 10 nitrogen and oxygen atoms in total. The number of carbonyl (C=O) groups is 4. The van der Waals surface area contributed by atoms with Crippen molar-refractivity contribution in [1.82, 2.24) is 9.80 Å². The molecular weight excluding hydrogens is 634 g/mol. The lowest BCUT2D eigenvalue weighted by atomic mass is 9.70. The van der Waals surface area contributed by atoms with Crippen molar-refractivity contribution in [3.8, 4) is 0 Å². The smallest absolute Gasteiger partial charge is 0.313 e. The monoisotopic (exact) mass is 685 g/mol. The van der Waals surface area contributed by atoms with Gasteiger partial charge in [-0.25, -0.2) is 0 Å². The van der Waals surface area contributed by atoms with Gasteiger partial charge in [0.05, 0.1) is 24.0 Å². The first-order chi connectivity index (χ1) is 24.0. The molecule has 1 N–H and O–H groups in total. The Bertz CT molecular complexity index is 1570. The summed E-state index contributed by atoms with van der Waals surface area (Å²) >= 11 is 0. The number of fused-ring (bicyclic) bond motifs is 1. The second-order valence-electron chi connectivity index (χ2n) is 13.8. The molecule has 3 aliphatic heterocycles. The van der Waals surface area contributed by atoms with Gasteiger partial charge in [0, 0.05) is 38.9 Å². The molecule has 10 heteroatoms. The number of aliphatic hydroxyl groups is 1. The van der Waals surface area contributed by atoms with E-state index in [1.54, 1.807) is 33.9 Å². The predicted molar refractivity (Wildman–Crippen MR) is 191 cm³/mol. The highest BCUT2D eigenvalue weighted by atomic mass is 16.6. The number of anilines is 1. The Labute approximate surface area is 295 Å². The first-order valence-corrected chi connectivity index (χ1v) is 17.7. The summed E-state index contributed by atoms with van der Waals surface area (Å²) in [5, 5.41) is 9.56. The first kappa shape index (κ1) is 37.0. The van der Waals surface area contributed by atoms with E-state index in [9.17, 15) is 24.3 Å². The summed E-state index contributed by atoms with van der Waals surface area (Å²) in [6.07, 6.45) is 4.65. The fraction of sp³-hybridized carbons (Fsp3) is 0.500. The number of nitrogens with zero attached hydrogens (tertiary/aromatic N) is 3. The summed E-state index contributed by atoms with van der Waals surface area (Å²) in [4.78, 5) is 61.8. The molecule has 3 amide bonds. The Balaban J connectivity index is 1.50. The lowest BCUT2D eigenvalue weighted by Crippen LogP contribution is -2.56. The molecule has 1 spiro atoms. The van der Waals surface area contributed by atoms with Crippen molar-refractivity contribution >= 4 is 29.4 Å². The number of hydrogen-bond donors (Lipinski definition) is 1. The van der Waals surface area contributed by atoms with Crippen LogP contribution in [0.3, 0.4) is 0 Å². The maximum Gasteiger partial charge on any atom is 0.313 e. The normalized spacial score (nSPS) is 24.7. The van der Waals surface area contributed by atoms with Gasteiger partial charge in [0.25, 0.3) is 5.91 Å². The molecule has 2 aromatic rings. The average molecular weight is 686 g/mol. The van der Waals surface area contributed by atoms with Gasteiger partial charge >= 0.3 is 5.97 Å². The summed E-state index contributed by atoms with van der Waals surface area (Å²) in [7, 11) is 1.70. The van der Waals surface area contributed by atoms with Crippen molar-refractivity contribution < 1.29 is 33.8 Å². The Morgan fingerprint density at radius 2 is 1.78 bits per heavy atom. The fourth-order valence-corrected chi connectivity index (χ4v) is 8.26. The minimum absolute atomic E-state index is 0.0443. The second-order valence-corrected chi connectivity index (χ2v) is 13.8. The minimum atomic E-state index is -1.22. The van der Waals surface area contributed by atoms with E-state index in [1.165, 1.54) is 0 Å². The maximum atomic E-state index is 14.9. The molecule has 7 atom stereocenters. The summed E-state index contributed by atoms with van der Waals surface area (Å²) in [6, 6.07) is 13.6. The van der Waals surface area contributed by atoms with Gasteiger partial charge in [-0.3, -0.25) is 19.2 Å². The van der Waals surface area contributed by atoms with Gasteiger partial charge in [-0.1, -0.05) is 60.7 Å². The van der Waals surface area contributed by atoms with Gasteiger partial charge in [0.15, 0.2) is 0 Å². The molecule has 3 heterocycles. The first-order valence-electron chi connectivity index (χ1n) is 17.7. The number of aryl methyl sites for hydroxylation is 2. The van der Waals surface area contributed by atoms with Crippen LogP contribution in [0, 0.1) is 25.7 Å². The second kappa shape index (κ2) is 15.7. The van der Waals surface area contributed by atoms with Crippen molar-refractivity contribution in [3.63, 3.8) is 0 Å². The van der Waals surface area contributed by atoms with E-state index in [4.69, 9.17) is 9.47 Å². The number of benzene rings is 2. The molecule has 2 bridgehead atoms. The zero-order chi connectivity index (χ0) is 36.2. The quantitative estimate of drug-likeness (QED) is 0.149. The Morgan fingerprint density at radius 3 is 2.42 bits per heavy atom. The molecule has 2 aromatic carbocycles. The van der Waals surface area contributed by atoms with Crippen LogP contribution >= 0.6 is 0 Å². The number of likely N-dealkylation sites (tertiary alicyclic amines) is 1. The molecule has 0 radical (unpaired) electrons. The van der Waals surface area contributed by atoms with Crippen LogP contribution in [0.4, 0.5) is 5.69 Å². The van der Waals surface area contributed by atoms with E-state index in [0.29, 0.717) is 32.1 Å². The lowest BCUT2D eigenvalue weighted by molar-refractivity contribution is -0.164. The average Bonchev–Trinajstić information content (AvgIpc) is 3.76. The Kier molecular flexibility index (Phi) is 11.6. The number of ether oxygens (including phenoxy) is 2. The summed E-state index contributed by atoms with van der Waals surface area (Å²) in [6.45, 7) is 13.8. The van der Waals surface area contributed by atoms with Crippen molar-refractivity contribution in [2.24, 2.45) is 11.8 Å². The van der Waals surface area contributed by atoms with Crippen LogP contribution in [-0.4, -0.2) is 89.1 Å². The van der Waals surface area contributed by atoms with Crippen LogP contribution in [-0.2, 0) is 28.7 Å². The molecule has 3 fully saturated rings. The number of rotatable bonds is 16. The van der Waals surface area contributed by atoms with Gasteiger partial charge in [-0.15, -0.1) is 13.2 Å². The number of unbranched alkanes of at least 4 members (excludes halogenated alkanes) is 1. The highest BCUT2D eigenvalue weighted by Crippen LogP contribution is 2.59. The van der Waals surface area contributed by atoms with E-state index >= 15 is 0 Å². The Morgan fingerprint density at radius 1 is 1.08 bits per heavy atom. The standard InChI is InChI=1S/C40H51N3O7/c1-7-9-20-31(45)41(6)28(5)35(29-18-11-10-12-19-29)49-39(48)32-30-21-22-40(50-30)33(32)37(46)43(24-13-14-25-44)36(40)38(47)42(23-8-2)34-26(3)16-15-17-27(34)4/h7-8,10-12,15-19,28,30,32-33,35-36,44H,1-2,9,13-14,20-25H2,3-6H3/t28-,30-,32+,33+,35+,36-,40+/m1/s1. The number of esters is 1. The van der Waals surface area contributed by atoms with Crippen LogP contribution in [0.1, 0.15) is 68.2 Å². The largest absolute Gasteiger partial charge is 0.455 e. The van der Waals surface area contributed by atoms with Gasteiger partial charge in [-0.05, 0) is 69.6 Å². The molecular formula is C40H51N3O7. The number of aliphatic hydroxyl groups excluding tert-OH is 1. The zero-order valence-electron chi connectivity index (χ0n) is 29.8. The topological polar surface area (TPSA) is 117 Å². The number of hydrogen-bond acceptors (Lipinski definition) is 7. The van der Waals surface area contributed by atoms with Crippen molar-refractivity contribution in [2.45, 2.75) is 89.2 Å².